The highest BCUT2D eigenvalue weighted by molar-refractivity contribution is 5.64. The standard InChI is InChI=1S/C13H22N4/c1-13(4-7-17(2)8-5-13)10-16-12-3-6-15-9-11(12)14/h3,6,9H,4-5,7-8,10,14H2,1-2H3,(H,15,16). The molecule has 2 rings (SSSR count). The molecule has 1 aliphatic rings. The van der Waals surface area contributed by atoms with Gasteiger partial charge in [0.2, 0.25) is 0 Å². The van der Waals surface area contributed by atoms with Gasteiger partial charge >= 0.3 is 0 Å². The van der Waals surface area contributed by atoms with E-state index in [1.807, 2.05) is 6.07 Å². The highest BCUT2D eigenvalue weighted by Gasteiger charge is 2.28. The van der Waals surface area contributed by atoms with E-state index >= 15 is 0 Å². The van der Waals surface area contributed by atoms with Crippen LogP contribution in [0.4, 0.5) is 11.4 Å². The van der Waals surface area contributed by atoms with Crippen LogP contribution in [0.15, 0.2) is 18.5 Å². The maximum absolute atomic E-state index is 5.87. The molecule has 1 saturated heterocycles. The molecule has 0 saturated carbocycles. The average molecular weight is 234 g/mol. The molecule has 1 aliphatic heterocycles. The van der Waals surface area contributed by atoms with Gasteiger partial charge in [-0.25, -0.2) is 0 Å². The summed E-state index contributed by atoms with van der Waals surface area (Å²) in [4.78, 5) is 6.39. The number of nitrogens with zero attached hydrogens (tertiary/aromatic N) is 2. The summed E-state index contributed by atoms with van der Waals surface area (Å²) in [5, 5.41) is 3.45. The first-order valence-electron chi connectivity index (χ1n) is 6.21. The fraction of sp³-hybridized carbons (Fsp3) is 0.615. The van der Waals surface area contributed by atoms with Gasteiger partial charge in [0.05, 0.1) is 17.6 Å². The first-order valence-corrected chi connectivity index (χ1v) is 6.21. The molecular weight excluding hydrogens is 212 g/mol. The maximum atomic E-state index is 5.87. The van der Waals surface area contributed by atoms with Crippen LogP contribution in [0.5, 0.6) is 0 Å². The van der Waals surface area contributed by atoms with E-state index in [1.54, 1.807) is 12.4 Å². The Bertz CT molecular complexity index is 369. The minimum Gasteiger partial charge on any atom is -0.396 e. The molecule has 0 bridgehead atoms. The third kappa shape index (κ3) is 3.09. The summed E-state index contributed by atoms with van der Waals surface area (Å²) in [6.45, 7) is 5.70. The van der Waals surface area contributed by atoms with E-state index in [0.717, 1.165) is 17.9 Å². The Hall–Kier alpha value is -1.29. The van der Waals surface area contributed by atoms with E-state index < -0.39 is 0 Å². The number of nitrogens with two attached hydrogens (primary N) is 1. The van der Waals surface area contributed by atoms with E-state index in [1.165, 1.54) is 25.9 Å². The summed E-state index contributed by atoms with van der Waals surface area (Å²) in [5.74, 6) is 0. The van der Waals surface area contributed by atoms with Crippen LogP contribution in [0.25, 0.3) is 0 Å². The molecule has 4 heteroatoms. The van der Waals surface area contributed by atoms with Crippen LogP contribution in [0.2, 0.25) is 0 Å². The molecule has 2 heterocycles. The summed E-state index contributed by atoms with van der Waals surface area (Å²) < 4.78 is 0. The van der Waals surface area contributed by atoms with Crippen molar-refractivity contribution in [3.8, 4) is 0 Å². The van der Waals surface area contributed by atoms with Gasteiger partial charge in [-0.1, -0.05) is 6.92 Å². The zero-order valence-electron chi connectivity index (χ0n) is 10.7. The van der Waals surface area contributed by atoms with E-state index in [0.29, 0.717) is 5.41 Å². The number of nitrogen functional groups attached to an aromatic ring is 1. The van der Waals surface area contributed by atoms with Crippen LogP contribution < -0.4 is 11.1 Å². The van der Waals surface area contributed by atoms with Crippen molar-refractivity contribution in [1.29, 1.82) is 0 Å². The molecule has 1 aromatic rings. The third-order valence-corrected chi connectivity index (χ3v) is 3.75. The minimum absolute atomic E-state index is 0.377. The molecule has 1 fully saturated rings. The van der Waals surface area contributed by atoms with Gasteiger partial charge < -0.3 is 16.0 Å². The van der Waals surface area contributed by atoms with Gasteiger partial charge in [0.15, 0.2) is 0 Å². The predicted molar refractivity (Wildman–Crippen MR) is 72.0 cm³/mol. The van der Waals surface area contributed by atoms with Crippen LogP contribution in [0.1, 0.15) is 19.8 Å². The van der Waals surface area contributed by atoms with Crippen LogP contribution in [0.3, 0.4) is 0 Å². The van der Waals surface area contributed by atoms with Gasteiger partial charge in [0.1, 0.15) is 0 Å². The number of hydrogen-bond donors (Lipinski definition) is 2. The first kappa shape index (κ1) is 12.2. The fourth-order valence-corrected chi connectivity index (χ4v) is 2.21. The molecule has 0 aromatic carbocycles. The number of pyridine rings is 1. The van der Waals surface area contributed by atoms with Crippen molar-refractivity contribution in [1.82, 2.24) is 9.88 Å². The number of piperidine rings is 1. The van der Waals surface area contributed by atoms with E-state index in [2.05, 4.69) is 29.2 Å². The topological polar surface area (TPSA) is 54.2 Å². The number of hydrogen-bond acceptors (Lipinski definition) is 4. The van der Waals surface area contributed by atoms with Crippen molar-refractivity contribution in [3.63, 3.8) is 0 Å². The first-order chi connectivity index (χ1) is 8.09. The molecule has 3 N–H and O–H groups in total. The zero-order valence-corrected chi connectivity index (χ0v) is 10.7. The second-order valence-electron chi connectivity index (χ2n) is 5.43. The largest absolute Gasteiger partial charge is 0.396 e. The Labute approximate surface area is 103 Å². The van der Waals surface area contributed by atoms with Crippen LogP contribution >= 0.6 is 0 Å². The van der Waals surface area contributed by atoms with Gasteiger partial charge in [-0.2, -0.15) is 0 Å². The van der Waals surface area contributed by atoms with Gasteiger partial charge in [0.25, 0.3) is 0 Å². The number of aromatic nitrogens is 1. The molecule has 0 unspecified atom stereocenters. The third-order valence-electron chi connectivity index (χ3n) is 3.75. The summed E-state index contributed by atoms with van der Waals surface area (Å²) in [6, 6.07) is 1.94. The van der Waals surface area contributed by atoms with E-state index in [-0.39, 0.29) is 0 Å². The second-order valence-corrected chi connectivity index (χ2v) is 5.43. The molecule has 94 valence electrons. The quantitative estimate of drug-likeness (QED) is 0.837. The molecule has 1 aromatic heterocycles. The number of rotatable bonds is 3. The molecule has 0 radical (unpaired) electrons. The molecule has 17 heavy (non-hydrogen) atoms. The van der Waals surface area contributed by atoms with Crippen molar-refractivity contribution in [2.24, 2.45) is 5.41 Å². The van der Waals surface area contributed by atoms with Gasteiger partial charge in [-0.05, 0) is 44.5 Å². The van der Waals surface area contributed by atoms with Crippen molar-refractivity contribution >= 4 is 11.4 Å². The van der Waals surface area contributed by atoms with Crippen LogP contribution in [-0.2, 0) is 0 Å². The van der Waals surface area contributed by atoms with Crippen molar-refractivity contribution in [3.05, 3.63) is 18.5 Å². The smallest absolute Gasteiger partial charge is 0.0736 e. The van der Waals surface area contributed by atoms with Crippen molar-refractivity contribution in [2.45, 2.75) is 19.8 Å². The normalized spacial score (nSPS) is 20.1. The summed E-state index contributed by atoms with van der Waals surface area (Å²) >= 11 is 0. The lowest BCUT2D eigenvalue weighted by Gasteiger charge is -2.38. The lowest BCUT2D eigenvalue weighted by atomic mass is 9.80. The second kappa shape index (κ2) is 4.92. The number of anilines is 2. The Morgan fingerprint density at radius 3 is 2.82 bits per heavy atom. The summed E-state index contributed by atoms with van der Waals surface area (Å²) in [7, 11) is 2.19. The Balaban J connectivity index is 1.92. The van der Waals surface area contributed by atoms with Crippen LogP contribution in [-0.4, -0.2) is 36.6 Å². The molecule has 0 atom stereocenters. The fourth-order valence-electron chi connectivity index (χ4n) is 2.21. The summed E-state index contributed by atoms with van der Waals surface area (Å²) in [5.41, 5.74) is 7.97. The molecular formula is C13H22N4. The number of nitrogens with one attached hydrogen (secondary N) is 1. The Morgan fingerprint density at radius 1 is 1.47 bits per heavy atom. The van der Waals surface area contributed by atoms with Crippen molar-refractivity contribution < 1.29 is 0 Å². The maximum Gasteiger partial charge on any atom is 0.0736 e. The Kier molecular flexibility index (Phi) is 3.52. The van der Waals surface area contributed by atoms with Gasteiger partial charge in [0, 0.05) is 12.7 Å². The molecule has 0 aliphatic carbocycles. The summed E-state index contributed by atoms with van der Waals surface area (Å²) in [6.07, 6.45) is 5.94. The lowest BCUT2D eigenvalue weighted by Crippen LogP contribution is -2.40. The van der Waals surface area contributed by atoms with Gasteiger partial charge in [-0.3, -0.25) is 4.98 Å². The number of likely N-dealkylation sites (tertiary alicyclic amines) is 1. The molecule has 4 nitrogen and oxygen atoms in total. The predicted octanol–water partition coefficient (Wildman–Crippen LogP) is 1.81. The van der Waals surface area contributed by atoms with Gasteiger partial charge in [-0.15, -0.1) is 0 Å². The van der Waals surface area contributed by atoms with Crippen LogP contribution in [0, 0.1) is 5.41 Å². The SMILES string of the molecule is CN1CCC(C)(CNc2ccncc2N)CC1. The minimum atomic E-state index is 0.377. The lowest BCUT2D eigenvalue weighted by molar-refractivity contribution is 0.150. The highest BCUT2D eigenvalue weighted by Crippen LogP contribution is 2.31. The Morgan fingerprint density at radius 2 is 2.18 bits per heavy atom. The average Bonchev–Trinajstić information content (AvgIpc) is 2.33. The molecule has 0 spiro atoms. The highest BCUT2D eigenvalue weighted by atomic mass is 15.1. The van der Waals surface area contributed by atoms with E-state index in [9.17, 15) is 0 Å². The monoisotopic (exact) mass is 234 g/mol. The van der Waals surface area contributed by atoms with Crippen molar-refractivity contribution in [2.75, 3.05) is 37.7 Å². The molecule has 0 amide bonds. The van der Waals surface area contributed by atoms with E-state index in [4.69, 9.17) is 5.73 Å². The zero-order chi connectivity index (χ0) is 12.3.